The number of hydrogen-bond acceptors (Lipinski definition) is 8. The van der Waals surface area contributed by atoms with Gasteiger partial charge in [0, 0.05) is 11.8 Å². The summed E-state index contributed by atoms with van der Waals surface area (Å²) >= 11 is 0. The maximum atomic E-state index is 12.5. The smallest absolute Gasteiger partial charge is 0.438 e. The Morgan fingerprint density at radius 3 is 2.65 bits per heavy atom. The average Bonchev–Trinajstić information content (AvgIpc) is 3.05. The molecule has 26 heavy (non-hydrogen) atoms. The van der Waals surface area contributed by atoms with Gasteiger partial charge in [-0.2, -0.15) is 0 Å². The molecule has 144 valence electrons. The van der Waals surface area contributed by atoms with Gasteiger partial charge < -0.3 is 14.0 Å². The standard InChI is InChI=1S/C15H21N2O8P/c1-4-22-15(20)26(21,23-5-2)24-9-11-6-7-12(25-11)17-8-10(3)13(18)16-14(17)19/h6-8,11-12H,4-5,9H2,1-3H3,(H,16,18,19)/t11-,12+,26?/m0/s1. The van der Waals surface area contributed by atoms with Gasteiger partial charge in [0.2, 0.25) is 0 Å². The summed E-state index contributed by atoms with van der Waals surface area (Å²) in [7, 11) is -4.09. The second-order valence-electron chi connectivity index (χ2n) is 5.34. The van der Waals surface area contributed by atoms with E-state index in [9.17, 15) is 18.9 Å². The molecular formula is C15H21N2O8P. The van der Waals surface area contributed by atoms with Crippen LogP contribution in [0.15, 0.2) is 27.9 Å². The number of rotatable bonds is 8. The molecule has 0 fully saturated rings. The van der Waals surface area contributed by atoms with E-state index in [0.29, 0.717) is 5.56 Å². The van der Waals surface area contributed by atoms with E-state index >= 15 is 0 Å². The van der Waals surface area contributed by atoms with Crippen molar-refractivity contribution in [1.82, 2.24) is 9.55 Å². The number of H-pyrrole nitrogens is 1. The molecule has 0 aromatic carbocycles. The van der Waals surface area contributed by atoms with E-state index in [1.54, 1.807) is 32.9 Å². The summed E-state index contributed by atoms with van der Waals surface area (Å²) in [6, 6.07) is 0. The summed E-state index contributed by atoms with van der Waals surface area (Å²) in [5, 5.41) is 0. The van der Waals surface area contributed by atoms with Crippen molar-refractivity contribution in [3.8, 4) is 0 Å². The minimum atomic E-state index is -4.09. The maximum Gasteiger partial charge on any atom is 0.438 e. The van der Waals surface area contributed by atoms with Crippen LogP contribution in [0.1, 0.15) is 25.6 Å². The first-order chi connectivity index (χ1) is 12.3. The van der Waals surface area contributed by atoms with E-state index in [2.05, 4.69) is 4.98 Å². The Morgan fingerprint density at radius 2 is 2.00 bits per heavy atom. The fraction of sp³-hybridized carbons (Fsp3) is 0.533. The summed E-state index contributed by atoms with van der Waals surface area (Å²) in [5.74, 6) is 0. The van der Waals surface area contributed by atoms with Gasteiger partial charge in [-0.3, -0.25) is 18.9 Å². The second-order valence-corrected chi connectivity index (χ2v) is 7.22. The third-order valence-corrected chi connectivity index (χ3v) is 5.09. The third kappa shape index (κ3) is 4.59. The molecule has 0 aliphatic carbocycles. The predicted molar refractivity (Wildman–Crippen MR) is 91.3 cm³/mol. The summed E-state index contributed by atoms with van der Waals surface area (Å²) in [5.41, 5.74) is -1.80. The van der Waals surface area contributed by atoms with E-state index < -0.39 is 36.9 Å². The summed E-state index contributed by atoms with van der Waals surface area (Å²) in [6.07, 6.45) is 3.13. The highest BCUT2D eigenvalue weighted by Gasteiger charge is 2.38. The van der Waals surface area contributed by atoms with Gasteiger partial charge in [0.1, 0.15) is 6.10 Å². The molecule has 3 atom stereocenters. The van der Waals surface area contributed by atoms with E-state index in [4.69, 9.17) is 18.5 Å². The molecule has 2 rings (SSSR count). The molecule has 1 aromatic rings. The Hall–Kier alpha value is -2.00. The van der Waals surface area contributed by atoms with E-state index in [-0.39, 0.29) is 19.8 Å². The van der Waals surface area contributed by atoms with Gasteiger partial charge >= 0.3 is 19.0 Å². The van der Waals surface area contributed by atoms with Crippen LogP contribution < -0.4 is 11.2 Å². The van der Waals surface area contributed by atoms with Gasteiger partial charge in [0.15, 0.2) is 6.23 Å². The highest BCUT2D eigenvalue weighted by atomic mass is 31.2. The maximum absolute atomic E-state index is 12.5. The Kier molecular flexibility index (Phi) is 6.71. The molecule has 0 radical (unpaired) electrons. The lowest BCUT2D eigenvalue weighted by Gasteiger charge is -2.19. The first-order valence-electron chi connectivity index (χ1n) is 8.03. The lowest BCUT2D eigenvalue weighted by Crippen LogP contribution is -2.33. The van der Waals surface area contributed by atoms with Crippen molar-refractivity contribution in [1.29, 1.82) is 0 Å². The highest BCUT2D eigenvalue weighted by Crippen LogP contribution is 2.50. The molecule has 1 N–H and O–H groups in total. The zero-order chi connectivity index (χ0) is 19.3. The first-order valence-corrected chi connectivity index (χ1v) is 9.57. The van der Waals surface area contributed by atoms with Gasteiger partial charge in [0.05, 0.1) is 19.8 Å². The number of nitrogens with one attached hydrogen (secondary N) is 1. The van der Waals surface area contributed by atoms with Gasteiger partial charge in [-0.15, -0.1) is 0 Å². The van der Waals surface area contributed by atoms with Crippen LogP contribution in [0.25, 0.3) is 0 Å². The summed E-state index contributed by atoms with van der Waals surface area (Å²) in [4.78, 5) is 37.3. The minimum Gasteiger partial charge on any atom is -0.457 e. The summed E-state index contributed by atoms with van der Waals surface area (Å²) < 4.78 is 34.1. The van der Waals surface area contributed by atoms with Crippen LogP contribution in [0.4, 0.5) is 4.79 Å². The molecule has 2 heterocycles. The second kappa shape index (κ2) is 8.59. The Bertz CT molecular complexity index is 843. The van der Waals surface area contributed by atoms with Crippen LogP contribution in [0.3, 0.4) is 0 Å². The Morgan fingerprint density at radius 1 is 1.27 bits per heavy atom. The monoisotopic (exact) mass is 388 g/mol. The van der Waals surface area contributed by atoms with Crippen LogP contribution in [-0.4, -0.2) is 41.2 Å². The molecule has 0 bridgehead atoms. The van der Waals surface area contributed by atoms with Gasteiger partial charge in [-0.05, 0) is 26.8 Å². The molecule has 0 saturated carbocycles. The fourth-order valence-corrected chi connectivity index (χ4v) is 3.46. The molecule has 0 spiro atoms. The van der Waals surface area contributed by atoms with Gasteiger partial charge in [-0.1, -0.05) is 6.08 Å². The van der Waals surface area contributed by atoms with Crippen molar-refractivity contribution in [2.75, 3.05) is 19.8 Å². The van der Waals surface area contributed by atoms with Crippen molar-refractivity contribution < 1.29 is 27.9 Å². The lowest BCUT2D eigenvalue weighted by atomic mass is 10.3. The number of hydrogen-bond donors (Lipinski definition) is 1. The lowest BCUT2D eigenvalue weighted by molar-refractivity contribution is -0.00822. The fourth-order valence-electron chi connectivity index (χ4n) is 2.20. The molecule has 10 nitrogen and oxygen atoms in total. The predicted octanol–water partition coefficient (Wildman–Crippen LogP) is 1.70. The van der Waals surface area contributed by atoms with Crippen molar-refractivity contribution in [2.24, 2.45) is 0 Å². The topological polar surface area (TPSA) is 126 Å². The number of aromatic nitrogens is 2. The van der Waals surface area contributed by atoms with Crippen molar-refractivity contribution in [2.45, 2.75) is 33.1 Å². The third-order valence-electron chi connectivity index (χ3n) is 3.42. The Labute approximate surface area is 149 Å². The summed E-state index contributed by atoms with van der Waals surface area (Å²) in [6.45, 7) is 4.52. The average molecular weight is 388 g/mol. The number of ether oxygens (including phenoxy) is 2. The van der Waals surface area contributed by atoms with E-state index in [1.807, 2.05) is 0 Å². The zero-order valence-corrected chi connectivity index (χ0v) is 15.6. The van der Waals surface area contributed by atoms with Crippen LogP contribution in [0.2, 0.25) is 0 Å². The van der Waals surface area contributed by atoms with Crippen LogP contribution in [-0.2, 0) is 23.1 Å². The van der Waals surface area contributed by atoms with E-state index in [1.165, 1.54) is 10.8 Å². The first kappa shape index (κ1) is 20.3. The number of aryl methyl sites for hydroxylation is 1. The van der Waals surface area contributed by atoms with Crippen LogP contribution in [0, 0.1) is 6.92 Å². The minimum absolute atomic E-state index is 0.00608. The van der Waals surface area contributed by atoms with Crippen molar-refractivity contribution in [3.05, 3.63) is 44.8 Å². The van der Waals surface area contributed by atoms with Crippen LogP contribution in [0.5, 0.6) is 0 Å². The van der Waals surface area contributed by atoms with Crippen LogP contribution >= 0.6 is 7.60 Å². The van der Waals surface area contributed by atoms with Gasteiger partial charge in [0.25, 0.3) is 5.56 Å². The molecule has 1 aromatic heterocycles. The number of aromatic amines is 1. The number of carbonyl (C=O) groups excluding carboxylic acids is 1. The molecule has 1 unspecified atom stereocenters. The molecule has 11 heteroatoms. The number of carbonyl (C=O) groups is 1. The molecular weight excluding hydrogens is 367 g/mol. The normalized spacial score (nSPS) is 21.5. The van der Waals surface area contributed by atoms with E-state index in [0.717, 1.165) is 0 Å². The highest BCUT2D eigenvalue weighted by molar-refractivity contribution is 7.71. The zero-order valence-electron chi connectivity index (χ0n) is 14.7. The Balaban J connectivity index is 2.03. The van der Waals surface area contributed by atoms with Gasteiger partial charge in [-0.25, -0.2) is 14.2 Å². The number of nitrogens with zero attached hydrogens (tertiary/aromatic N) is 1. The molecule has 0 saturated heterocycles. The largest absolute Gasteiger partial charge is 0.457 e. The SMILES string of the molecule is CCOC(=O)P(=O)(OCC)OC[C@@H]1C=C[C@H](n2cc(C)c(=O)[nH]c2=O)O1. The van der Waals surface area contributed by atoms with Crippen molar-refractivity contribution in [3.63, 3.8) is 0 Å². The van der Waals surface area contributed by atoms with Crippen molar-refractivity contribution >= 4 is 13.3 Å². The molecule has 1 aliphatic heterocycles. The molecule has 1 aliphatic rings. The quantitative estimate of drug-likeness (QED) is 0.527. The molecule has 0 amide bonds.